The molecular weight excluding hydrogens is 486 g/mol. The van der Waals surface area contributed by atoms with Gasteiger partial charge in [-0.1, -0.05) is 12.1 Å². The van der Waals surface area contributed by atoms with Gasteiger partial charge in [-0.25, -0.2) is 16.8 Å². The second kappa shape index (κ2) is 9.97. The Hall–Kier alpha value is -3.84. The first-order chi connectivity index (χ1) is 16.0. The van der Waals surface area contributed by atoms with Crippen LogP contribution in [-0.4, -0.2) is 36.0 Å². The monoisotopic (exact) mass is 507 g/mol. The molecule has 2 N–H and O–H groups in total. The van der Waals surface area contributed by atoms with Crippen LogP contribution in [0.3, 0.4) is 0 Å². The predicted molar refractivity (Wildman–Crippen MR) is 126 cm³/mol. The Morgan fingerprint density at radius 1 is 0.882 bits per heavy atom. The van der Waals surface area contributed by atoms with Crippen LogP contribution in [0, 0.1) is 10.1 Å². The number of benzene rings is 3. The quantitative estimate of drug-likeness (QED) is 0.313. The van der Waals surface area contributed by atoms with E-state index in [-0.39, 0.29) is 33.3 Å². The Morgan fingerprint density at radius 2 is 1.59 bits per heavy atom. The minimum absolute atomic E-state index is 0.112. The number of methoxy groups -OCH3 is 2. The molecular formula is C21H21N3O8S2. The van der Waals surface area contributed by atoms with Gasteiger partial charge < -0.3 is 9.47 Å². The Balaban J connectivity index is 1.75. The predicted octanol–water partition coefficient (Wildman–Crippen LogP) is 3.35. The molecule has 34 heavy (non-hydrogen) atoms. The van der Waals surface area contributed by atoms with Gasteiger partial charge in [0.05, 0.1) is 35.5 Å². The van der Waals surface area contributed by atoms with Crippen molar-refractivity contribution in [1.29, 1.82) is 0 Å². The molecule has 3 aromatic rings. The Labute approximate surface area is 196 Å². The number of nitro benzene ring substituents is 1. The van der Waals surface area contributed by atoms with Gasteiger partial charge in [-0.05, 0) is 42.0 Å². The molecule has 0 aliphatic heterocycles. The van der Waals surface area contributed by atoms with Gasteiger partial charge in [0.15, 0.2) is 0 Å². The van der Waals surface area contributed by atoms with E-state index in [1.54, 1.807) is 12.1 Å². The summed E-state index contributed by atoms with van der Waals surface area (Å²) in [4.78, 5) is 10.2. The first-order valence-corrected chi connectivity index (χ1v) is 12.8. The maximum absolute atomic E-state index is 12.8. The first kappa shape index (κ1) is 24.8. The summed E-state index contributed by atoms with van der Waals surface area (Å²) in [5.74, 6) is 0.216. The number of non-ortho nitro benzene ring substituents is 1. The second-order valence-electron chi connectivity index (χ2n) is 6.98. The lowest BCUT2D eigenvalue weighted by Crippen LogP contribution is -2.16. The highest BCUT2D eigenvalue weighted by Crippen LogP contribution is 2.31. The Bertz CT molecular complexity index is 1410. The van der Waals surface area contributed by atoms with E-state index in [4.69, 9.17) is 9.47 Å². The van der Waals surface area contributed by atoms with E-state index in [9.17, 15) is 26.9 Å². The lowest BCUT2D eigenvalue weighted by molar-refractivity contribution is -0.384. The van der Waals surface area contributed by atoms with E-state index >= 15 is 0 Å². The Kier molecular flexibility index (Phi) is 7.27. The van der Waals surface area contributed by atoms with Crippen LogP contribution in [0.1, 0.15) is 5.56 Å². The van der Waals surface area contributed by atoms with Gasteiger partial charge >= 0.3 is 0 Å². The molecule has 0 heterocycles. The van der Waals surface area contributed by atoms with Crippen molar-refractivity contribution in [3.63, 3.8) is 0 Å². The molecule has 0 saturated carbocycles. The molecule has 0 radical (unpaired) electrons. The van der Waals surface area contributed by atoms with Gasteiger partial charge in [0.25, 0.3) is 15.7 Å². The first-order valence-electron chi connectivity index (χ1n) is 9.62. The number of ether oxygens (including phenoxy) is 2. The molecule has 0 aromatic heterocycles. The van der Waals surface area contributed by atoms with Crippen LogP contribution in [0.4, 0.5) is 17.1 Å². The number of rotatable bonds is 10. The molecule has 0 spiro atoms. The van der Waals surface area contributed by atoms with E-state index < -0.39 is 30.7 Å². The molecule has 0 fully saturated rings. The summed E-state index contributed by atoms with van der Waals surface area (Å²) < 4.78 is 65.5. The summed E-state index contributed by atoms with van der Waals surface area (Å²) in [6, 6.07) is 15.0. The van der Waals surface area contributed by atoms with Crippen molar-refractivity contribution in [2.45, 2.75) is 10.6 Å². The number of hydrogen-bond acceptors (Lipinski definition) is 8. The van der Waals surface area contributed by atoms with Crippen molar-refractivity contribution in [3.05, 3.63) is 82.4 Å². The van der Waals surface area contributed by atoms with Crippen LogP contribution in [0.25, 0.3) is 0 Å². The lowest BCUT2D eigenvalue weighted by atomic mass is 10.2. The zero-order chi connectivity index (χ0) is 24.9. The molecule has 0 unspecified atom stereocenters. The minimum Gasteiger partial charge on any atom is -0.497 e. The molecule has 0 aliphatic carbocycles. The maximum atomic E-state index is 12.8. The van der Waals surface area contributed by atoms with E-state index in [1.165, 1.54) is 68.8 Å². The van der Waals surface area contributed by atoms with Crippen molar-refractivity contribution >= 4 is 37.1 Å². The third-order valence-electron chi connectivity index (χ3n) is 4.57. The maximum Gasteiger partial charge on any atom is 0.269 e. The summed E-state index contributed by atoms with van der Waals surface area (Å²) in [5.41, 5.74) is 0.312. The van der Waals surface area contributed by atoms with Gasteiger partial charge in [-0.2, -0.15) is 0 Å². The van der Waals surface area contributed by atoms with E-state index in [2.05, 4.69) is 9.44 Å². The SMILES string of the molecule is COc1ccc(OC)c(NS(=O)(=O)c2ccc(NS(=O)(=O)Cc3cccc([N+](=O)[O-])c3)cc2)c1. The summed E-state index contributed by atoms with van der Waals surface area (Å²) >= 11 is 0. The molecule has 3 rings (SSSR count). The van der Waals surface area contributed by atoms with Crippen LogP contribution in [0.5, 0.6) is 11.5 Å². The van der Waals surface area contributed by atoms with E-state index in [0.717, 1.165) is 0 Å². The van der Waals surface area contributed by atoms with Crippen LogP contribution < -0.4 is 18.9 Å². The number of nitrogens with one attached hydrogen (secondary N) is 2. The second-order valence-corrected chi connectivity index (χ2v) is 10.4. The topological polar surface area (TPSA) is 154 Å². The number of nitrogens with zero attached hydrogens (tertiary/aromatic N) is 1. The van der Waals surface area contributed by atoms with Crippen molar-refractivity contribution in [3.8, 4) is 11.5 Å². The van der Waals surface area contributed by atoms with Crippen molar-refractivity contribution in [2.75, 3.05) is 23.7 Å². The molecule has 11 nitrogen and oxygen atoms in total. The normalized spacial score (nSPS) is 11.5. The molecule has 13 heteroatoms. The highest BCUT2D eigenvalue weighted by atomic mass is 32.2. The van der Waals surface area contributed by atoms with Gasteiger partial charge in [0.2, 0.25) is 10.0 Å². The minimum atomic E-state index is -4.02. The van der Waals surface area contributed by atoms with Crippen molar-refractivity contribution < 1.29 is 31.2 Å². The average Bonchev–Trinajstić information content (AvgIpc) is 2.78. The third kappa shape index (κ3) is 6.14. The summed E-state index contributed by atoms with van der Waals surface area (Å²) in [5, 5.41) is 10.9. The fourth-order valence-corrected chi connectivity index (χ4v) is 5.24. The fraction of sp³-hybridized carbons (Fsp3) is 0.143. The molecule has 3 aromatic carbocycles. The van der Waals surface area contributed by atoms with Crippen LogP contribution in [0.15, 0.2) is 71.6 Å². The number of nitro groups is 1. The molecule has 180 valence electrons. The van der Waals surface area contributed by atoms with Crippen LogP contribution in [-0.2, 0) is 25.8 Å². The number of hydrogen-bond donors (Lipinski definition) is 2. The Morgan fingerprint density at radius 3 is 2.21 bits per heavy atom. The van der Waals surface area contributed by atoms with Gasteiger partial charge in [0, 0.05) is 23.9 Å². The van der Waals surface area contributed by atoms with E-state index in [1.807, 2.05) is 0 Å². The third-order valence-corrected chi connectivity index (χ3v) is 7.21. The van der Waals surface area contributed by atoms with Gasteiger partial charge in [-0.3, -0.25) is 19.6 Å². The molecule has 0 aliphatic rings. The molecule has 0 saturated heterocycles. The molecule has 0 atom stereocenters. The summed E-state index contributed by atoms with van der Waals surface area (Å²) in [6.45, 7) is 0. The fourth-order valence-electron chi connectivity index (χ4n) is 2.99. The highest BCUT2D eigenvalue weighted by molar-refractivity contribution is 7.92. The standard InChI is InChI=1S/C21H21N3O8S2/c1-31-18-8-11-21(32-2)20(13-18)23-34(29,30)19-9-6-16(7-10-19)22-33(27,28)14-15-4-3-5-17(12-15)24(25)26/h3-13,22-23H,14H2,1-2H3. The van der Waals surface area contributed by atoms with E-state index in [0.29, 0.717) is 5.75 Å². The lowest BCUT2D eigenvalue weighted by Gasteiger charge is -2.14. The molecule has 0 bridgehead atoms. The molecule has 0 amide bonds. The number of sulfonamides is 2. The van der Waals surface area contributed by atoms with Gasteiger partial charge in [-0.15, -0.1) is 0 Å². The van der Waals surface area contributed by atoms with Crippen molar-refractivity contribution in [2.24, 2.45) is 0 Å². The average molecular weight is 508 g/mol. The van der Waals surface area contributed by atoms with Gasteiger partial charge in [0.1, 0.15) is 11.5 Å². The van der Waals surface area contributed by atoms with Crippen LogP contribution >= 0.6 is 0 Å². The van der Waals surface area contributed by atoms with Crippen molar-refractivity contribution in [1.82, 2.24) is 0 Å². The number of anilines is 2. The zero-order valence-corrected chi connectivity index (χ0v) is 19.7. The summed E-state index contributed by atoms with van der Waals surface area (Å²) in [6.07, 6.45) is 0. The largest absolute Gasteiger partial charge is 0.497 e. The van der Waals surface area contributed by atoms with Crippen LogP contribution in [0.2, 0.25) is 0 Å². The zero-order valence-electron chi connectivity index (χ0n) is 18.1. The highest BCUT2D eigenvalue weighted by Gasteiger charge is 2.19. The smallest absolute Gasteiger partial charge is 0.269 e. The summed E-state index contributed by atoms with van der Waals surface area (Å²) in [7, 11) is -5.09.